The molecule has 0 aromatic rings. The average molecular weight is 199 g/mol. The summed E-state index contributed by atoms with van der Waals surface area (Å²) in [5.41, 5.74) is 0. The van der Waals surface area contributed by atoms with Gasteiger partial charge in [0, 0.05) is 6.54 Å². The van der Waals surface area contributed by atoms with Crippen LogP contribution in [0.1, 0.15) is 33.6 Å². The zero-order valence-electron chi connectivity index (χ0n) is 9.38. The molecular weight excluding hydrogens is 178 g/mol. The highest BCUT2D eigenvalue weighted by molar-refractivity contribution is 5.73. The van der Waals surface area contributed by atoms with E-state index in [9.17, 15) is 4.79 Å². The Morgan fingerprint density at radius 3 is 2.64 bits per heavy atom. The first kappa shape index (κ1) is 11.5. The lowest BCUT2D eigenvalue weighted by Gasteiger charge is -2.24. The van der Waals surface area contributed by atoms with Crippen LogP contribution >= 0.6 is 0 Å². The van der Waals surface area contributed by atoms with Gasteiger partial charge in [0.2, 0.25) is 0 Å². The molecule has 0 bridgehead atoms. The first-order chi connectivity index (χ1) is 6.61. The monoisotopic (exact) mass is 199 g/mol. The van der Waals surface area contributed by atoms with Crippen molar-refractivity contribution in [1.82, 2.24) is 5.32 Å². The lowest BCUT2D eigenvalue weighted by molar-refractivity contribution is -0.155. The number of esters is 1. The fourth-order valence-corrected chi connectivity index (χ4v) is 1.47. The van der Waals surface area contributed by atoms with E-state index in [0.717, 1.165) is 25.9 Å². The third-order valence-electron chi connectivity index (χ3n) is 2.87. The Kier molecular flexibility index (Phi) is 4.39. The van der Waals surface area contributed by atoms with Crippen molar-refractivity contribution < 1.29 is 9.53 Å². The van der Waals surface area contributed by atoms with Crippen LogP contribution in [0.3, 0.4) is 0 Å². The minimum Gasteiger partial charge on any atom is -0.462 e. The van der Waals surface area contributed by atoms with Crippen molar-refractivity contribution in [2.45, 2.75) is 39.7 Å². The van der Waals surface area contributed by atoms with E-state index >= 15 is 0 Å². The standard InChI is InChI=1S/C11H21NO2/c1-8(2)9(3)14-11(13)10-5-4-6-12-7-10/h8-10,12H,4-7H2,1-3H3/t9?,10-/m1/s1. The maximum atomic E-state index is 11.7. The molecule has 1 rings (SSSR count). The first-order valence-electron chi connectivity index (χ1n) is 5.52. The van der Waals surface area contributed by atoms with Crippen molar-refractivity contribution in [3.8, 4) is 0 Å². The minimum absolute atomic E-state index is 0.0293. The summed E-state index contributed by atoms with van der Waals surface area (Å²) in [6.45, 7) is 7.90. The minimum atomic E-state index is -0.0293. The molecule has 82 valence electrons. The van der Waals surface area contributed by atoms with Crippen LogP contribution in [-0.4, -0.2) is 25.2 Å². The van der Waals surface area contributed by atoms with Gasteiger partial charge in [0.1, 0.15) is 6.10 Å². The molecule has 1 N–H and O–H groups in total. The van der Waals surface area contributed by atoms with Gasteiger partial charge in [-0.2, -0.15) is 0 Å². The van der Waals surface area contributed by atoms with Gasteiger partial charge in [-0.1, -0.05) is 13.8 Å². The van der Waals surface area contributed by atoms with Gasteiger partial charge in [-0.3, -0.25) is 4.79 Å². The molecule has 0 aromatic heterocycles. The van der Waals surface area contributed by atoms with E-state index in [1.807, 2.05) is 6.92 Å². The van der Waals surface area contributed by atoms with E-state index in [4.69, 9.17) is 4.74 Å². The second-order valence-electron chi connectivity index (χ2n) is 4.43. The molecule has 14 heavy (non-hydrogen) atoms. The van der Waals surface area contributed by atoms with Gasteiger partial charge < -0.3 is 10.1 Å². The molecule has 1 aliphatic rings. The number of carbonyl (C=O) groups excluding carboxylic acids is 1. The molecule has 0 aliphatic carbocycles. The van der Waals surface area contributed by atoms with Gasteiger partial charge >= 0.3 is 5.97 Å². The molecule has 1 saturated heterocycles. The van der Waals surface area contributed by atoms with Crippen molar-refractivity contribution in [1.29, 1.82) is 0 Å². The molecule has 1 aliphatic heterocycles. The lowest BCUT2D eigenvalue weighted by atomic mass is 10.00. The Bertz CT molecular complexity index is 186. The molecule has 1 fully saturated rings. The number of rotatable bonds is 3. The smallest absolute Gasteiger partial charge is 0.310 e. The lowest BCUT2D eigenvalue weighted by Crippen LogP contribution is -2.37. The van der Waals surface area contributed by atoms with Gasteiger partial charge in [0.25, 0.3) is 0 Å². The molecular formula is C11H21NO2. The molecule has 2 atom stereocenters. The Morgan fingerprint density at radius 1 is 1.43 bits per heavy atom. The first-order valence-corrected chi connectivity index (χ1v) is 5.52. The molecule has 0 radical (unpaired) electrons. The van der Waals surface area contributed by atoms with Crippen molar-refractivity contribution in [3.05, 3.63) is 0 Å². The fourth-order valence-electron chi connectivity index (χ4n) is 1.47. The predicted octanol–water partition coefficient (Wildman–Crippen LogP) is 1.57. The van der Waals surface area contributed by atoms with E-state index in [2.05, 4.69) is 19.2 Å². The predicted molar refractivity (Wildman–Crippen MR) is 56.0 cm³/mol. The van der Waals surface area contributed by atoms with Crippen molar-refractivity contribution >= 4 is 5.97 Å². The largest absolute Gasteiger partial charge is 0.462 e. The van der Waals surface area contributed by atoms with Crippen LogP contribution in [0, 0.1) is 11.8 Å². The van der Waals surface area contributed by atoms with Crippen LogP contribution in [0.25, 0.3) is 0 Å². The van der Waals surface area contributed by atoms with Gasteiger partial charge in [-0.25, -0.2) is 0 Å². The van der Waals surface area contributed by atoms with E-state index in [1.165, 1.54) is 0 Å². The summed E-state index contributed by atoms with van der Waals surface area (Å²) < 4.78 is 5.37. The second kappa shape index (κ2) is 5.35. The fraction of sp³-hybridized carbons (Fsp3) is 0.909. The van der Waals surface area contributed by atoms with Crippen LogP contribution in [-0.2, 0) is 9.53 Å². The van der Waals surface area contributed by atoms with Crippen LogP contribution < -0.4 is 5.32 Å². The molecule has 0 spiro atoms. The Hall–Kier alpha value is -0.570. The number of carbonyl (C=O) groups is 1. The highest BCUT2D eigenvalue weighted by Gasteiger charge is 2.24. The Morgan fingerprint density at radius 2 is 2.14 bits per heavy atom. The summed E-state index contributed by atoms with van der Waals surface area (Å²) in [6, 6.07) is 0. The maximum Gasteiger partial charge on any atom is 0.310 e. The van der Waals surface area contributed by atoms with Gasteiger partial charge in [-0.05, 0) is 32.2 Å². The summed E-state index contributed by atoms with van der Waals surface area (Å²) in [5, 5.41) is 3.22. The Balaban J connectivity index is 2.33. The topological polar surface area (TPSA) is 38.3 Å². The zero-order valence-corrected chi connectivity index (χ0v) is 9.38. The zero-order chi connectivity index (χ0) is 10.6. The number of piperidine rings is 1. The molecule has 0 saturated carbocycles. The molecule has 1 unspecified atom stereocenters. The van der Waals surface area contributed by atoms with Crippen molar-refractivity contribution in [3.63, 3.8) is 0 Å². The van der Waals surface area contributed by atoms with Crippen LogP contribution in [0.2, 0.25) is 0 Å². The number of nitrogens with one attached hydrogen (secondary N) is 1. The van der Waals surface area contributed by atoms with Crippen LogP contribution in [0.15, 0.2) is 0 Å². The molecule has 3 nitrogen and oxygen atoms in total. The third-order valence-corrected chi connectivity index (χ3v) is 2.87. The van der Waals surface area contributed by atoms with Crippen molar-refractivity contribution in [2.24, 2.45) is 11.8 Å². The highest BCUT2D eigenvalue weighted by Crippen LogP contribution is 2.14. The summed E-state index contributed by atoms with van der Waals surface area (Å²) in [4.78, 5) is 11.7. The van der Waals surface area contributed by atoms with Gasteiger partial charge in [0.15, 0.2) is 0 Å². The molecule has 0 aromatic carbocycles. The van der Waals surface area contributed by atoms with Gasteiger partial charge in [-0.15, -0.1) is 0 Å². The summed E-state index contributed by atoms with van der Waals surface area (Å²) in [6.07, 6.45) is 2.08. The number of hydrogen-bond donors (Lipinski definition) is 1. The van der Waals surface area contributed by atoms with Crippen LogP contribution in [0.5, 0.6) is 0 Å². The van der Waals surface area contributed by atoms with Crippen molar-refractivity contribution in [2.75, 3.05) is 13.1 Å². The molecule has 1 heterocycles. The van der Waals surface area contributed by atoms with Crippen LogP contribution in [0.4, 0.5) is 0 Å². The maximum absolute atomic E-state index is 11.7. The number of hydrogen-bond acceptors (Lipinski definition) is 3. The summed E-state index contributed by atoms with van der Waals surface area (Å²) >= 11 is 0. The van der Waals surface area contributed by atoms with E-state index in [1.54, 1.807) is 0 Å². The summed E-state index contributed by atoms with van der Waals surface area (Å²) in [7, 11) is 0. The molecule has 3 heteroatoms. The van der Waals surface area contributed by atoms with E-state index < -0.39 is 0 Å². The molecule has 0 amide bonds. The Labute approximate surface area is 86.2 Å². The third kappa shape index (κ3) is 3.29. The SMILES string of the molecule is CC(C)C(C)OC(=O)[C@@H]1CCCNC1. The van der Waals surface area contributed by atoms with E-state index in [0.29, 0.717) is 5.92 Å². The number of ether oxygens (including phenoxy) is 1. The quantitative estimate of drug-likeness (QED) is 0.701. The normalized spacial score (nSPS) is 24.7. The summed E-state index contributed by atoms with van der Waals surface area (Å²) in [5.74, 6) is 0.443. The second-order valence-corrected chi connectivity index (χ2v) is 4.43. The van der Waals surface area contributed by atoms with Gasteiger partial charge in [0.05, 0.1) is 5.92 Å². The highest BCUT2D eigenvalue weighted by atomic mass is 16.5. The average Bonchev–Trinajstić information content (AvgIpc) is 2.19. The van der Waals surface area contributed by atoms with E-state index in [-0.39, 0.29) is 18.0 Å².